The third-order valence-corrected chi connectivity index (χ3v) is 6.89. The Kier molecular flexibility index (Phi) is 6.83. The Morgan fingerprint density at radius 1 is 1.03 bits per heavy atom. The molecule has 3 aromatic rings. The van der Waals surface area contributed by atoms with E-state index in [0.717, 1.165) is 11.1 Å². The monoisotopic (exact) mass is 455 g/mol. The van der Waals surface area contributed by atoms with Crippen molar-refractivity contribution < 1.29 is 17.9 Å². The number of nitrogens with zero attached hydrogens (tertiary/aromatic N) is 1. The van der Waals surface area contributed by atoms with Crippen molar-refractivity contribution in [1.82, 2.24) is 0 Å². The Morgan fingerprint density at radius 2 is 1.74 bits per heavy atom. The highest BCUT2D eigenvalue weighted by Crippen LogP contribution is 2.28. The summed E-state index contributed by atoms with van der Waals surface area (Å²) in [5.41, 5.74) is 2.48. The summed E-state index contributed by atoms with van der Waals surface area (Å²) in [5.74, 6) is -0.379. The summed E-state index contributed by atoms with van der Waals surface area (Å²) in [6, 6.07) is 17.9. The number of carbonyl (C=O) groups excluding carboxylic acids is 1. The lowest BCUT2D eigenvalue weighted by molar-refractivity contribution is 0.0734. The highest BCUT2D eigenvalue weighted by molar-refractivity contribution is 7.92. The fourth-order valence-electron chi connectivity index (χ4n) is 2.94. The van der Waals surface area contributed by atoms with Crippen LogP contribution in [0.1, 0.15) is 21.5 Å². The summed E-state index contributed by atoms with van der Waals surface area (Å²) in [4.78, 5) is 12.7. The van der Waals surface area contributed by atoms with Crippen molar-refractivity contribution in [2.75, 3.05) is 10.8 Å². The molecule has 0 unspecified atom stereocenters. The van der Waals surface area contributed by atoms with Crippen LogP contribution in [0.5, 0.6) is 5.75 Å². The number of rotatable bonds is 7. The third kappa shape index (κ3) is 4.98. The smallest absolute Gasteiger partial charge is 0.345 e. The zero-order chi connectivity index (χ0) is 22.6. The van der Waals surface area contributed by atoms with Gasteiger partial charge in [-0.15, -0.1) is 6.58 Å². The van der Waals surface area contributed by atoms with E-state index in [-0.39, 0.29) is 22.0 Å². The van der Waals surface area contributed by atoms with Gasteiger partial charge in [-0.25, -0.2) is 13.2 Å². The number of hydrogen-bond acceptors (Lipinski definition) is 4. The SMILES string of the molecule is C=CCN(c1ccccc1)S(=O)(=O)c1ccc(Cl)c(C(=O)Oc2ccc(C)c(C)c2)c1. The van der Waals surface area contributed by atoms with E-state index in [1.165, 1.54) is 28.6 Å². The van der Waals surface area contributed by atoms with Gasteiger partial charge in [-0.05, 0) is 67.4 Å². The van der Waals surface area contributed by atoms with Gasteiger partial charge in [0, 0.05) is 0 Å². The minimum Gasteiger partial charge on any atom is -0.423 e. The van der Waals surface area contributed by atoms with Gasteiger partial charge in [-0.1, -0.05) is 41.9 Å². The van der Waals surface area contributed by atoms with E-state index in [9.17, 15) is 13.2 Å². The van der Waals surface area contributed by atoms with Gasteiger partial charge in [-0.2, -0.15) is 0 Å². The first-order valence-corrected chi connectivity index (χ1v) is 11.3. The van der Waals surface area contributed by atoms with Gasteiger partial charge in [0.25, 0.3) is 10.0 Å². The number of hydrogen-bond donors (Lipinski definition) is 0. The first kappa shape index (κ1) is 22.6. The number of para-hydroxylation sites is 1. The van der Waals surface area contributed by atoms with Gasteiger partial charge in [0.15, 0.2) is 0 Å². The molecule has 0 aromatic heterocycles. The van der Waals surface area contributed by atoms with Crippen LogP contribution in [0.25, 0.3) is 0 Å². The molecule has 3 aromatic carbocycles. The molecule has 0 N–H and O–H groups in total. The molecule has 0 amide bonds. The molecule has 0 bridgehead atoms. The zero-order valence-corrected chi connectivity index (χ0v) is 18.8. The summed E-state index contributed by atoms with van der Waals surface area (Å²) in [6.45, 7) is 7.58. The van der Waals surface area contributed by atoms with E-state index in [1.54, 1.807) is 42.5 Å². The summed E-state index contributed by atoms with van der Waals surface area (Å²) in [5, 5.41) is 0.0998. The standard InChI is InChI=1S/C24H22ClNO4S/c1-4-14-26(19-8-6-5-7-9-19)31(28,29)21-12-13-23(25)22(16-21)24(27)30-20-11-10-17(2)18(3)15-20/h4-13,15-16H,1,14H2,2-3H3. The van der Waals surface area contributed by atoms with Crippen LogP contribution in [-0.2, 0) is 10.0 Å². The molecule has 160 valence electrons. The van der Waals surface area contributed by atoms with Crippen molar-refractivity contribution in [3.8, 4) is 5.75 Å². The van der Waals surface area contributed by atoms with E-state index in [2.05, 4.69) is 6.58 Å². The van der Waals surface area contributed by atoms with Gasteiger partial charge < -0.3 is 4.74 Å². The lowest BCUT2D eigenvalue weighted by Gasteiger charge is -2.23. The minimum absolute atomic E-state index is 0.0346. The molecule has 3 rings (SSSR count). The Bertz CT molecular complexity index is 1220. The maximum Gasteiger partial charge on any atom is 0.345 e. The molecule has 0 aliphatic carbocycles. The van der Waals surface area contributed by atoms with Crippen molar-refractivity contribution in [2.45, 2.75) is 18.7 Å². The van der Waals surface area contributed by atoms with E-state index in [1.807, 2.05) is 19.9 Å². The Labute approximate surface area is 187 Å². The van der Waals surface area contributed by atoms with Crippen molar-refractivity contribution in [3.63, 3.8) is 0 Å². The molecule has 5 nitrogen and oxygen atoms in total. The average molecular weight is 456 g/mol. The topological polar surface area (TPSA) is 63.7 Å². The van der Waals surface area contributed by atoms with Crippen LogP contribution in [0.2, 0.25) is 5.02 Å². The molecule has 0 radical (unpaired) electrons. The van der Waals surface area contributed by atoms with E-state index < -0.39 is 16.0 Å². The first-order chi connectivity index (χ1) is 14.7. The van der Waals surface area contributed by atoms with Gasteiger partial charge in [0.2, 0.25) is 0 Å². The van der Waals surface area contributed by atoms with E-state index >= 15 is 0 Å². The summed E-state index contributed by atoms with van der Waals surface area (Å²) < 4.78 is 33.3. The van der Waals surface area contributed by atoms with Crippen molar-refractivity contribution in [3.05, 3.63) is 101 Å². The molecule has 0 saturated heterocycles. The number of sulfonamides is 1. The number of anilines is 1. The molecule has 31 heavy (non-hydrogen) atoms. The van der Waals surface area contributed by atoms with E-state index in [0.29, 0.717) is 11.4 Å². The number of halogens is 1. The normalized spacial score (nSPS) is 11.1. The van der Waals surface area contributed by atoms with Crippen molar-refractivity contribution in [1.29, 1.82) is 0 Å². The quantitative estimate of drug-likeness (QED) is 0.266. The number of aryl methyl sites for hydroxylation is 2. The molecule has 0 aliphatic heterocycles. The second-order valence-electron chi connectivity index (χ2n) is 6.94. The predicted molar refractivity (Wildman–Crippen MR) is 123 cm³/mol. The Balaban J connectivity index is 1.97. The van der Waals surface area contributed by atoms with Gasteiger partial charge in [0.1, 0.15) is 5.75 Å². The van der Waals surface area contributed by atoms with Crippen LogP contribution >= 0.6 is 11.6 Å². The molecular weight excluding hydrogens is 434 g/mol. The van der Waals surface area contributed by atoms with Crippen molar-refractivity contribution >= 4 is 33.3 Å². The maximum absolute atomic E-state index is 13.3. The van der Waals surface area contributed by atoms with Crippen LogP contribution in [0, 0.1) is 13.8 Å². The molecule has 0 heterocycles. The fraction of sp³-hybridized carbons (Fsp3) is 0.125. The van der Waals surface area contributed by atoms with Gasteiger partial charge in [0.05, 0.1) is 27.7 Å². The van der Waals surface area contributed by atoms with Crippen LogP contribution in [0.4, 0.5) is 5.69 Å². The molecule has 0 fully saturated rings. The molecule has 0 aliphatic rings. The summed E-state index contributed by atoms with van der Waals surface area (Å²) in [7, 11) is -3.98. The van der Waals surface area contributed by atoms with Crippen LogP contribution in [0.3, 0.4) is 0 Å². The average Bonchev–Trinajstić information content (AvgIpc) is 2.75. The highest BCUT2D eigenvalue weighted by Gasteiger charge is 2.26. The molecule has 0 atom stereocenters. The first-order valence-electron chi connectivity index (χ1n) is 9.51. The second kappa shape index (κ2) is 9.37. The minimum atomic E-state index is -3.98. The fourth-order valence-corrected chi connectivity index (χ4v) is 4.60. The summed E-state index contributed by atoms with van der Waals surface area (Å²) >= 11 is 6.20. The summed E-state index contributed by atoms with van der Waals surface area (Å²) in [6.07, 6.45) is 1.50. The molecule has 0 saturated carbocycles. The second-order valence-corrected chi connectivity index (χ2v) is 9.21. The lowest BCUT2D eigenvalue weighted by Crippen LogP contribution is -2.31. The molecular formula is C24H22ClNO4S. The number of carbonyl (C=O) groups is 1. The third-order valence-electron chi connectivity index (χ3n) is 4.77. The zero-order valence-electron chi connectivity index (χ0n) is 17.2. The molecule has 0 spiro atoms. The van der Waals surface area contributed by atoms with Gasteiger partial charge >= 0.3 is 5.97 Å². The number of ether oxygens (including phenoxy) is 1. The predicted octanol–water partition coefficient (Wildman–Crippen LogP) is 5.56. The number of benzene rings is 3. The van der Waals surface area contributed by atoms with Crippen molar-refractivity contribution in [2.24, 2.45) is 0 Å². The lowest BCUT2D eigenvalue weighted by atomic mass is 10.1. The van der Waals surface area contributed by atoms with Gasteiger partial charge in [-0.3, -0.25) is 4.31 Å². The van der Waals surface area contributed by atoms with Crippen LogP contribution in [0.15, 0.2) is 84.3 Å². The van der Waals surface area contributed by atoms with E-state index in [4.69, 9.17) is 16.3 Å². The maximum atomic E-state index is 13.3. The van der Waals surface area contributed by atoms with Crippen LogP contribution < -0.4 is 9.04 Å². The molecule has 7 heteroatoms. The Hall–Kier alpha value is -3.09. The highest BCUT2D eigenvalue weighted by atomic mass is 35.5. The largest absolute Gasteiger partial charge is 0.423 e. The number of esters is 1. The Morgan fingerprint density at radius 3 is 2.39 bits per heavy atom. The van der Waals surface area contributed by atoms with Crippen LogP contribution in [-0.4, -0.2) is 20.9 Å².